The lowest BCUT2D eigenvalue weighted by Crippen LogP contribution is -2.35. The summed E-state index contributed by atoms with van der Waals surface area (Å²) < 4.78 is 5.78. The molecule has 0 radical (unpaired) electrons. The molecule has 0 amide bonds. The standard InChI is InChI=1S/C19H32N2O/c1-17-6-3-10-21(16-17)11-5-13-22-12-4-9-18-7-2-8-19(14-18)15-20/h2,7-8,14,17H,3-6,9-13,15-16,20H2,1H3. The van der Waals surface area contributed by atoms with Crippen molar-refractivity contribution in [3.05, 3.63) is 35.4 Å². The molecule has 3 heteroatoms. The Bertz CT molecular complexity index is 422. The Labute approximate surface area is 135 Å². The zero-order chi connectivity index (χ0) is 15.6. The van der Waals surface area contributed by atoms with Gasteiger partial charge >= 0.3 is 0 Å². The molecule has 1 heterocycles. The molecule has 0 aromatic heterocycles. The highest BCUT2D eigenvalue weighted by molar-refractivity contribution is 5.23. The Balaban J connectivity index is 1.49. The maximum Gasteiger partial charge on any atom is 0.0478 e. The summed E-state index contributed by atoms with van der Waals surface area (Å²) in [5, 5.41) is 0. The summed E-state index contributed by atoms with van der Waals surface area (Å²) in [6.45, 7) is 8.50. The predicted molar refractivity (Wildman–Crippen MR) is 92.9 cm³/mol. The normalized spacial score (nSPS) is 19.5. The van der Waals surface area contributed by atoms with Crippen LogP contribution in [-0.2, 0) is 17.7 Å². The number of hydrogen-bond acceptors (Lipinski definition) is 3. The van der Waals surface area contributed by atoms with Crippen LogP contribution in [0.15, 0.2) is 24.3 Å². The predicted octanol–water partition coefficient (Wildman–Crippen LogP) is 3.22. The summed E-state index contributed by atoms with van der Waals surface area (Å²) >= 11 is 0. The molecule has 1 aliphatic heterocycles. The van der Waals surface area contributed by atoms with Crippen molar-refractivity contribution in [3.8, 4) is 0 Å². The fraction of sp³-hybridized carbons (Fsp3) is 0.684. The van der Waals surface area contributed by atoms with Crippen molar-refractivity contribution < 1.29 is 4.74 Å². The van der Waals surface area contributed by atoms with Crippen molar-refractivity contribution in [2.75, 3.05) is 32.8 Å². The molecular formula is C19H32N2O. The van der Waals surface area contributed by atoms with Crippen molar-refractivity contribution in [2.24, 2.45) is 11.7 Å². The van der Waals surface area contributed by atoms with Crippen LogP contribution in [0.4, 0.5) is 0 Å². The van der Waals surface area contributed by atoms with Crippen molar-refractivity contribution in [2.45, 2.75) is 45.6 Å². The van der Waals surface area contributed by atoms with Crippen LogP contribution >= 0.6 is 0 Å². The van der Waals surface area contributed by atoms with E-state index >= 15 is 0 Å². The van der Waals surface area contributed by atoms with Gasteiger partial charge in [-0.05, 0) is 55.7 Å². The quantitative estimate of drug-likeness (QED) is 0.712. The van der Waals surface area contributed by atoms with Crippen molar-refractivity contribution >= 4 is 0 Å². The van der Waals surface area contributed by atoms with Gasteiger partial charge in [0.05, 0.1) is 0 Å². The first-order chi connectivity index (χ1) is 10.8. The van der Waals surface area contributed by atoms with Gasteiger partial charge in [0.1, 0.15) is 0 Å². The molecule has 2 N–H and O–H groups in total. The lowest BCUT2D eigenvalue weighted by molar-refractivity contribution is 0.109. The SMILES string of the molecule is CC1CCCN(CCCOCCCc2cccc(CN)c2)C1. The van der Waals surface area contributed by atoms with Crippen LogP contribution in [0.25, 0.3) is 0 Å². The Hall–Kier alpha value is -0.900. The number of likely N-dealkylation sites (tertiary alicyclic amines) is 1. The highest BCUT2D eigenvalue weighted by atomic mass is 16.5. The third-order valence-corrected chi connectivity index (χ3v) is 4.49. The molecule has 3 nitrogen and oxygen atoms in total. The zero-order valence-electron chi connectivity index (χ0n) is 14.1. The van der Waals surface area contributed by atoms with Gasteiger partial charge in [-0.3, -0.25) is 0 Å². The molecule has 0 bridgehead atoms. The van der Waals surface area contributed by atoms with E-state index in [-0.39, 0.29) is 0 Å². The first-order valence-electron chi connectivity index (χ1n) is 8.86. The second-order valence-electron chi connectivity index (χ2n) is 6.64. The average molecular weight is 304 g/mol. The maximum atomic E-state index is 5.78. The zero-order valence-corrected chi connectivity index (χ0v) is 14.1. The molecule has 1 unspecified atom stereocenters. The van der Waals surface area contributed by atoms with Gasteiger partial charge in [0.15, 0.2) is 0 Å². The molecule has 22 heavy (non-hydrogen) atoms. The first-order valence-corrected chi connectivity index (χ1v) is 8.86. The molecule has 0 aliphatic carbocycles. The van der Waals surface area contributed by atoms with E-state index in [2.05, 4.69) is 36.1 Å². The molecule has 0 spiro atoms. The van der Waals surface area contributed by atoms with Gasteiger partial charge in [-0.2, -0.15) is 0 Å². The van der Waals surface area contributed by atoms with E-state index in [1.54, 1.807) is 0 Å². The molecule has 124 valence electrons. The van der Waals surface area contributed by atoms with Crippen LogP contribution in [0.5, 0.6) is 0 Å². The molecule has 1 aromatic rings. The van der Waals surface area contributed by atoms with E-state index in [1.165, 1.54) is 43.6 Å². The lowest BCUT2D eigenvalue weighted by Gasteiger charge is -2.30. The molecule has 1 aliphatic rings. The fourth-order valence-electron chi connectivity index (χ4n) is 3.27. The number of ether oxygens (including phenoxy) is 1. The van der Waals surface area contributed by atoms with Crippen LogP contribution in [0, 0.1) is 5.92 Å². The van der Waals surface area contributed by atoms with Gasteiger partial charge in [0.2, 0.25) is 0 Å². The van der Waals surface area contributed by atoms with Crippen LogP contribution in [0.1, 0.15) is 43.7 Å². The monoisotopic (exact) mass is 304 g/mol. The van der Waals surface area contributed by atoms with Crippen LogP contribution in [0.2, 0.25) is 0 Å². The van der Waals surface area contributed by atoms with Crippen molar-refractivity contribution in [1.82, 2.24) is 4.90 Å². The number of nitrogens with two attached hydrogens (primary N) is 1. The Morgan fingerprint density at radius 1 is 1.23 bits per heavy atom. The van der Waals surface area contributed by atoms with Crippen molar-refractivity contribution in [3.63, 3.8) is 0 Å². The lowest BCUT2D eigenvalue weighted by atomic mass is 10.0. The fourth-order valence-corrected chi connectivity index (χ4v) is 3.27. The van der Waals surface area contributed by atoms with Gasteiger partial charge in [0.25, 0.3) is 0 Å². The smallest absolute Gasteiger partial charge is 0.0478 e. The van der Waals surface area contributed by atoms with Gasteiger partial charge in [-0.15, -0.1) is 0 Å². The molecular weight excluding hydrogens is 272 g/mol. The van der Waals surface area contributed by atoms with E-state index in [9.17, 15) is 0 Å². The molecule has 0 saturated carbocycles. The summed E-state index contributed by atoms with van der Waals surface area (Å²) in [4.78, 5) is 2.59. The van der Waals surface area contributed by atoms with Gasteiger partial charge < -0.3 is 15.4 Å². The van der Waals surface area contributed by atoms with Crippen molar-refractivity contribution in [1.29, 1.82) is 0 Å². The molecule has 1 aromatic carbocycles. The molecule has 1 fully saturated rings. The average Bonchev–Trinajstić information content (AvgIpc) is 2.54. The van der Waals surface area contributed by atoms with Crippen LogP contribution in [-0.4, -0.2) is 37.7 Å². The number of benzene rings is 1. The Morgan fingerprint density at radius 2 is 2.05 bits per heavy atom. The largest absolute Gasteiger partial charge is 0.381 e. The van der Waals surface area contributed by atoms with E-state index in [4.69, 9.17) is 10.5 Å². The number of hydrogen-bond donors (Lipinski definition) is 1. The van der Waals surface area contributed by atoms with Crippen LogP contribution in [0.3, 0.4) is 0 Å². The Kier molecular flexibility index (Phi) is 7.92. The number of nitrogens with zero attached hydrogens (tertiary/aromatic N) is 1. The topological polar surface area (TPSA) is 38.5 Å². The highest BCUT2D eigenvalue weighted by Gasteiger charge is 2.15. The second-order valence-corrected chi connectivity index (χ2v) is 6.64. The maximum absolute atomic E-state index is 5.78. The minimum absolute atomic E-state index is 0.624. The summed E-state index contributed by atoms with van der Waals surface area (Å²) in [7, 11) is 0. The van der Waals surface area contributed by atoms with Gasteiger partial charge in [-0.1, -0.05) is 31.2 Å². The minimum Gasteiger partial charge on any atom is -0.381 e. The third-order valence-electron chi connectivity index (χ3n) is 4.49. The summed E-state index contributed by atoms with van der Waals surface area (Å²) in [5.41, 5.74) is 8.26. The summed E-state index contributed by atoms with van der Waals surface area (Å²) in [6.07, 6.45) is 6.10. The van der Waals surface area contributed by atoms with E-state index < -0.39 is 0 Å². The van der Waals surface area contributed by atoms with Gasteiger partial charge in [-0.25, -0.2) is 0 Å². The number of rotatable bonds is 9. The highest BCUT2D eigenvalue weighted by Crippen LogP contribution is 2.15. The number of aryl methyl sites for hydroxylation is 1. The first kappa shape index (κ1) is 17.5. The third kappa shape index (κ3) is 6.47. The second kappa shape index (κ2) is 9.98. The van der Waals surface area contributed by atoms with Gasteiger partial charge in [0, 0.05) is 32.8 Å². The molecule has 1 atom stereocenters. The van der Waals surface area contributed by atoms with E-state index in [0.29, 0.717) is 6.54 Å². The Morgan fingerprint density at radius 3 is 2.86 bits per heavy atom. The molecule has 2 rings (SSSR count). The van der Waals surface area contributed by atoms with Crippen LogP contribution < -0.4 is 5.73 Å². The number of piperidine rings is 1. The minimum atomic E-state index is 0.624. The summed E-state index contributed by atoms with van der Waals surface area (Å²) in [6, 6.07) is 8.56. The summed E-state index contributed by atoms with van der Waals surface area (Å²) in [5.74, 6) is 0.874. The molecule has 1 saturated heterocycles. The van der Waals surface area contributed by atoms with E-state index in [0.717, 1.165) is 38.4 Å². The van der Waals surface area contributed by atoms with E-state index in [1.807, 2.05) is 0 Å².